The van der Waals surface area contributed by atoms with Gasteiger partial charge in [0.15, 0.2) is 0 Å². The van der Waals surface area contributed by atoms with Gasteiger partial charge in [0.05, 0.1) is 27.7 Å². The molecule has 46 heavy (non-hydrogen) atoms. The van der Waals surface area contributed by atoms with Crippen molar-refractivity contribution >= 4 is 75.0 Å². The minimum Gasteiger partial charge on any atom is -0.277 e. The molecule has 214 valence electrons. The first kappa shape index (κ1) is 21.8. The molecule has 0 unspecified atom stereocenters. The molecule has 10 rings (SSSR count). The molecular weight excluding hydrogens is 579 g/mol. The number of fused-ring (bicyclic) bond motifs is 10. The van der Waals surface area contributed by atoms with Crippen LogP contribution in [0.15, 0.2) is 152 Å². The van der Waals surface area contributed by atoms with Crippen LogP contribution < -0.4 is 0 Å². The Morgan fingerprint density at radius 2 is 1.20 bits per heavy atom. The number of aromatic nitrogens is 3. The number of para-hydroxylation sites is 2. The van der Waals surface area contributed by atoms with Crippen molar-refractivity contribution in [3.05, 3.63) is 152 Å². The Hall–Kier alpha value is -5.84. The second-order valence-electron chi connectivity index (χ2n) is 11.5. The van der Waals surface area contributed by atoms with E-state index in [4.69, 9.17) is 12.7 Å². The van der Waals surface area contributed by atoms with Gasteiger partial charge in [-0.3, -0.25) is 4.57 Å². The SMILES string of the molecule is [2H]c1c([2H])c(-c2nc(-n3c4ccccc4c4ccc5ccc6c7ccccc7sc6c5c43)nc3ccccc23)c([2H])c([2H])c1-c1ccccc1. The van der Waals surface area contributed by atoms with Crippen molar-refractivity contribution in [1.29, 1.82) is 0 Å². The van der Waals surface area contributed by atoms with Gasteiger partial charge >= 0.3 is 0 Å². The molecule has 0 saturated carbocycles. The van der Waals surface area contributed by atoms with E-state index in [1.807, 2.05) is 66.7 Å². The van der Waals surface area contributed by atoms with Crippen LogP contribution in [0.3, 0.4) is 0 Å². The van der Waals surface area contributed by atoms with Crippen molar-refractivity contribution < 1.29 is 5.48 Å². The van der Waals surface area contributed by atoms with E-state index in [1.54, 1.807) is 11.3 Å². The molecule has 0 radical (unpaired) electrons. The zero-order chi connectivity index (χ0) is 33.7. The fourth-order valence-electron chi connectivity index (χ4n) is 6.78. The molecule has 0 N–H and O–H groups in total. The summed E-state index contributed by atoms with van der Waals surface area (Å²) in [5.41, 5.74) is 3.99. The molecule has 0 atom stereocenters. The summed E-state index contributed by atoms with van der Waals surface area (Å²) in [6.07, 6.45) is 0. The number of rotatable bonds is 3. The van der Waals surface area contributed by atoms with Gasteiger partial charge in [0.1, 0.15) is 0 Å². The van der Waals surface area contributed by atoms with Crippen LogP contribution in [-0.4, -0.2) is 14.5 Å². The summed E-state index contributed by atoms with van der Waals surface area (Å²) in [6.45, 7) is 0. The molecule has 0 fully saturated rings. The third kappa shape index (κ3) is 3.71. The second-order valence-corrected chi connectivity index (χ2v) is 12.5. The lowest BCUT2D eigenvalue weighted by molar-refractivity contribution is 1.02. The molecule has 0 bridgehead atoms. The minimum absolute atomic E-state index is 0.105. The highest BCUT2D eigenvalue weighted by Gasteiger charge is 2.21. The second kappa shape index (κ2) is 9.83. The van der Waals surface area contributed by atoms with Crippen LogP contribution >= 0.6 is 11.3 Å². The van der Waals surface area contributed by atoms with Crippen molar-refractivity contribution in [3.63, 3.8) is 0 Å². The van der Waals surface area contributed by atoms with Crippen molar-refractivity contribution in [2.24, 2.45) is 0 Å². The Morgan fingerprint density at radius 3 is 2.04 bits per heavy atom. The summed E-state index contributed by atoms with van der Waals surface area (Å²) in [7, 11) is 0. The van der Waals surface area contributed by atoms with Gasteiger partial charge in [-0.15, -0.1) is 11.3 Å². The highest BCUT2D eigenvalue weighted by molar-refractivity contribution is 7.26. The maximum Gasteiger partial charge on any atom is 0.235 e. The van der Waals surface area contributed by atoms with Crippen LogP contribution in [0.1, 0.15) is 5.48 Å². The van der Waals surface area contributed by atoms with Crippen molar-refractivity contribution in [1.82, 2.24) is 14.5 Å². The summed E-state index contributed by atoms with van der Waals surface area (Å²) >= 11 is 1.78. The van der Waals surface area contributed by atoms with E-state index in [-0.39, 0.29) is 35.3 Å². The standard InChI is InChI=1S/C42H25N3S/c1-2-10-26(11-3-1)27-18-20-29(21-19-27)39-34-14-4-7-15-35(34)43-42(44-39)45-36-16-8-5-12-30(36)32-24-22-28-23-25-33-31-13-6-9-17-37(31)46-41(33)38(28)40(32)45/h1-25H/i18D,19D,20D,21D. The van der Waals surface area contributed by atoms with Gasteiger partial charge in [0.2, 0.25) is 5.95 Å². The van der Waals surface area contributed by atoms with Gasteiger partial charge in [0, 0.05) is 47.3 Å². The van der Waals surface area contributed by atoms with Crippen LogP contribution in [0.2, 0.25) is 0 Å². The van der Waals surface area contributed by atoms with E-state index in [2.05, 4.69) is 65.2 Å². The predicted molar refractivity (Wildman–Crippen MR) is 195 cm³/mol. The molecule has 0 spiro atoms. The Bertz CT molecular complexity index is 3010. The smallest absolute Gasteiger partial charge is 0.235 e. The minimum atomic E-state index is -0.140. The highest BCUT2D eigenvalue weighted by Crippen LogP contribution is 2.44. The van der Waals surface area contributed by atoms with Crippen LogP contribution in [0.25, 0.3) is 92.0 Å². The Morgan fingerprint density at radius 1 is 0.522 bits per heavy atom. The Labute approximate surface area is 274 Å². The molecule has 4 heteroatoms. The van der Waals surface area contributed by atoms with Crippen molar-refractivity contribution in [3.8, 4) is 28.3 Å². The van der Waals surface area contributed by atoms with Gasteiger partial charge in [-0.25, -0.2) is 9.97 Å². The first-order chi connectivity index (χ1) is 24.5. The predicted octanol–water partition coefficient (Wildman–Crippen LogP) is 11.6. The summed E-state index contributed by atoms with van der Waals surface area (Å²) in [4.78, 5) is 10.3. The van der Waals surface area contributed by atoms with E-state index in [0.29, 0.717) is 28.1 Å². The average molecular weight is 608 g/mol. The molecule has 0 aliphatic carbocycles. The lowest BCUT2D eigenvalue weighted by Gasteiger charge is -2.13. The fourth-order valence-corrected chi connectivity index (χ4v) is 8.04. The molecule has 10 aromatic rings. The van der Waals surface area contributed by atoms with E-state index in [1.165, 1.54) is 20.2 Å². The Kier molecular flexibility index (Phi) is 4.66. The number of thiophene rings is 1. The molecule has 0 aliphatic rings. The lowest BCUT2D eigenvalue weighted by Crippen LogP contribution is -2.03. The largest absolute Gasteiger partial charge is 0.277 e. The van der Waals surface area contributed by atoms with Crippen LogP contribution in [0, 0.1) is 0 Å². The van der Waals surface area contributed by atoms with Gasteiger partial charge < -0.3 is 0 Å². The quantitative estimate of drug-likeness (QED) is 0.200. The fraction of sp³-hybridized carbons (Fsp3) is 0. The maximum absolute atomic E-state index is 9.24. The number of hydrogen-bond donors (Lipinski definition) is 0. The van der Waals surface area contributed by atoms with E-state index >= 15 is 0 Å². The molecule has 3 heterocycles. The topological polar surface area (TPSA) is 30.7 Å². The van der Waals surface area contributed by atoms with Crippen LogP contribution in [-0.2, 0) is 0 Å². The lowest BCUT2D eigenvalue weighted by atomic mass is 10.0. The molecular formula is C42H25N3S. The first-order valence-corrected chi connectivity index (χ1v) is 16.0. The van der Waals surface area contributed by atoms with E-state index in [9.17, 15) is 2.74 Å². The van der Waals surface area contributed by atoms with Gasteiger partial charge in [-0.2, -0.15) is 0 Å². The summed E-state index contributed by atoms with van der Waals surface area (Å²) in [5.74, 6) is 0.402. The zero-order valence-corrected chi connectivity index (χ0v) is 25.2. The summed E-state index contributed by atoms with van der Waals surface area (Å²) in [6, 6.07) is 41.8. The summed E-state index contributed by atoms with van der Waals surface area (Å²) < 4.78 is 41.1. The average Bonchev–Trinajstić information content (AvgIpc) is 3.70. The molecule has 0 amide bonds. The normalized spacial score (nSPS) is 13.1. The van der Waals surface area contributed by atoms with Crippen LogP contribution in [0.5, 0.6) is 0 Å². The number of nitrogens with zero attached hydrogens (tertiary/aromatic N) is 3. The molecule has 0 aliphatic heterocycles. The third-order valence-corrected chi connectivity index (χ3v) is 10.1. The van der Waals surface area contributed by atoms with E-state index in [0.717, 1.165) is 32.6 Å². The number of benzene rings is 7. The van der Waals surface area contributed by atoms with Gasteiger partial charge in [0.25, 0.3) is 0 Å². The Balaban J connectivity index is 1.35. The van der Waals surface area contributed by atoms with Crippen LogP contribution in [0.4, 0.5) is 0 Å². The summed E-state index contributed by atoms with van der Waals surface area (Å²) in [5, 5.41) is 7.45. The van der Waals surface area contributed by atoms with Gasteiger partial charge in [-0.1, -0.05) is 133 Å². The van der Waals surface area contributed by atoms with Crippen molar-refractivity contribution in [2.75, 3.05) is 0 Å². The van der Waals surface area contributed by atoms with E-state index < -0.39 is 0 Å². The maximum atomic E-state index is 9.24. The highest BCUT2D eigenvalue weighted by atomic mass is 32.1. The monoisotopic (exact) mass is 607 g/mol. The first-order valence-electron chi connectivity index (χ1n) is 17.2. The third-order valence-electron chi connectivity index (χ3n) is 8.88. The number of hydrogen-bond acceptors (Lipinski definition) is 3. The van der Waals surface area contributed by atoms with Gasteiger partial charge in [-0.05, 0) is 34.7 Å². The molecule has 3 aromatic heterocycles. The molecule has 3 nitrogen and oxygen atoms in total. The molecule has 7 aromatic carbocycles. The van der Waals surface area contributed by atoms with Crippen molar-refractivity contribution in [2.45, 2.75) is 0 Å². The zero-order valence-electron chi connectivity index (χ0n) is 28.4. The molecule has 0 saturated heterocycles.